The summed E-state index contributed by atoms with van der Waals surface area (Å²) in [6.45, 7) is 63.5. The van der Waals surface area contributed by atoms with Crippen molar-refractivity contribution in [2.24, 2.45) is 14.1 Å². The highest BCUT2D eigenvalue weighted by Gasteiger charge is 2.35. The minimum atomic E-state index is 0. The van der Waals surface area contributed by atoms with Crippen molar-refractivity contribution in [1.82, 2.24) is 98.6 Å². The van der Waals surface area contributed by atoms with Gasteiger partial charge >= 0.3 is 0 Å². The molecular formula is C119H196N20O2. The summed E-state index contributed by atoms with van der Waals surface area (Å²) in [7, 11) is 4.16. The zero-order valence-electron chi connectivity index (χ0n) is 93.5. The summed E-state index contributed by atoms with van der Waals surface area (Å²) in [4.78, 5) is 0. The molecule has 0 saturated carbocycles. The van der Waals surface area contributed by atoms with E-state index in [0.29, 0.717) is 83.3 Å². The van der Waals surface area contributed by atoms with Gasteiger partial charge in [-0.1, -0.05) is 146 Å². The molecule has 0 aromatic carbocycles. The van der Waals surface area contributed by atoms with Gasteiger partial charge in [-0.15, -0.1) is 0 Å². The molecule has 12 heterocycles. The van der Waals surface area contributed by atoms with Gasteiger partial charge in [0.2, 0.25) is 0 Å². The predicted molar refractivity (Wildman–Crippen MR) is 583 cm³/mol. The molecule has 2 N–H and O–H groups in total. The molecule has 22 heteroatoms. The van der Waals surface area contributed by atoms with E-state index in [1.807, 2.05) is 0 Å². The zero-order chi connectivity index (χ0) is 100. The summed E-state index contributed by atoms with van der Waals surface area (Å²) < 4.78 is 28.2. The number of hydrogen-bond donors (Lipinski definition) is 2. The third kappa shape index (κ3) is 26.9. The van der Waals surface area contributed by atoms with Gasteiger partial charge in [-0.05, 0) is 413 Å². The summed E-state index contributed by atoms with van der Waals surface area (Å²) in [5.41, 5.74) is 43.6. The third-order valence-corrected chi connectivity index (χ3v) is 31.5. The average Bonchev–Trinajstić information content (AvgIpc) is 1.64. The van der Waals surface area contributed by atoms with Gasteiger partial charge in [-0.2, -0.15) is 51.0 Å². The van der Waals surface area contributed by atoms with Crippen LogP contribution in [-0.4, -0.2) is 125 Å². The van der Waals surface area contributed by atoms with E-state index >= 15 is 0 Å². The smallest absolute Gasteiger partial charge is 0.0988 e. The van der Waals surface area contributed by atoms with E-state index in [4.69, 9.17) is 40.1 Å². The van der Waals surface area contributed by atoms with Crippen LogP contribution in [0.4, 0.5) is 0 Å². The number of aromatic nitrogens is 20. The molecule has 0 bridgehead atoms. The fourth-order valence-corrected chi connectivity index (χ4v) is 24.0. The largest absolute Gasteiger partial charge is 0.377 e. The summed E-state index contributed by atoms with van der Waals surface area (Å²) in [5.74, 6) is 5.69. The van der Waals surface area contributed by atoms with Gasteiger partial charge in [0, 0.05) is 96.2 Å². The lowest BCUT2D eigenvalue weighted by Gasteiger charge is -2.28. The first-order chi connectivity index (χ1) is 67.2. The van der Waals surface area contributed by atoms with E-state index in [9.17, 15) is 0 Å². The van der Waals surface area contributed by atoms with Crippen molar-refractivity contribution in [1.29, 1.82) is 0 Å². The summed E-state index contributed by atoms with van der Waals surface area (Å²) in [5, 5.41) is 53.0. The van der Waals surface area contributed by atoms with Gasteiger partial charge in [0.25, 0.3) is 0 Å². The Labute approximate surface area is 853 Å². The van der Waals surface area contributed by atoms with Crippen molar-refractivity contribution in [3.63, 3.8) is 0 Å². The molecule has 784 valence electrons. The van der Waals surface area contributed by atoms with Crippen LogP contribution >= 0.6 is 0 Å². The maximum atomic E-state index is 5.29. The van der Waals surface area contributed by atoms with E-state index in [0.717, 1.165) is 39.5 Å². The number of H-pyrrole nitrogens is 2. The fourth-order valence-electron chi connectivity index (χ4n) is 24.0. The number of aryl methyl sites for hydroxylation is 6. The topological polar surface area (TPSA) is 218 Å². The molecule has 10 aromatic rings. The van der Waals surface area contributed by atoms with Crippen molar-refractivity contribution >= 4 is 0 Å². The lowest BCUT2D eigenvalue weighted by atomic mass is 9.92. The van der Waals surface area contributed by atoms with E-state index in [1.165, 1.54) is 382 Å². The number of hydrogen-bond acceptors (Lipinski definition) is 12. The van der Waals surface area contributed by atoms with Crippen LogP contribution in [0.3, 0.4) is 0 Å². The van der Waals surface area contributed by atoms with Crippen molar-refractivity contribution < 1.29 is 9.47 Å². The van der Waals surface area contributed by atoms with Crippen molar-refractivity contribution in [3.05, 3.63) is 170 Å². The van der Waals surface area contributed by atoms with Crippen LogP contribution in [0, 0.1) is 0 Å². The second kappa shape index (κ2) is 52.4. The molecule has 12 aliphatic rings. The number of fused-ring (bicyclic) bond motifs is 10. The van der Waals surface area contributed by atoms with Crippen molar-refractivity contribution in [2.45, 2.75) is 541 Å². The van der Waals surface area contributed by atoms with Gasteiger partial charge in [0.1, 0.15) is 0 Å². The molecule has 22 rings (SSSR count). The standard InChI is InChI=1S/2C13H20N2O.2C13H22N2.2C12H20N2.2C11H18N2.2C10H16N2.CH4/c2*1-9(2)13-11-5-3-4-6-12(11)15(14-13)10-7-16-8-10;2*1-9(2)13-11-7-5-6-8-12(11)15(14-13)10(3)4;2*1-4-14-11-8-6-5-7-10(11)12(13-14)9(2)3;2*1-8(2)11-9-6-4-5-7-10(9)13(3)12-11;2*1-7(2)10-8-5-3-4-6-9(8)11-12-10;/h2*9-10H,3-8H2,1-2H3;2*9-10H,5-8H2,1-4H3;2*9H,4-8H2,1-3H3;2*8H,4-7H2,1-3H3;2*7H,3-6H2,1-2H3,(H,11,12);1H4. The number of ether oxygens (including phenoxy) is 2. The van der Waals surface area contributed by atoms with Gasteiger partial charge in [0.05, 0.1) is 95.5 Å². The highest BCUT2D eigenvalue weighted by Crippen LogP contribution is 2.40. The minimum Gasteiger partial charge on any atom is -0.377 e. The molecule has 0 unspecified atom stereocenters. The van der Waals surface area contributed by atoms with E-state index < -0.39 is 0 Å². The predicted octanol–water partition coefficient (Wildman–Crippen LogP) is 28.0. The Balaban J connectivity index is 0.000000140. The lowest BCUT2D eigenvalue weighted by molar-refractivity contribution is -0.0301. The summed E-state index contributed by atoms with van der Waals surface area (Å²) >= 11 is 0. The number of aromatic amines is 2. The monoisotopic (exact) mass is 1940 g/mol. The minimum absolute atomic E-state index is 0. The molecule has 2 aliphatic heterocycles. The Morgan fingerprint density at radius 1 is 0.234 bits per heavy atom. The molecule has 141 heavy (non-hydrogen) atoms. The lowest BCUT2D eigenvalue weighted by Crippen LogP contribution is -2.32. The van der Waals surface area contributed by atoms with Crippen LogP contribution < -0.4 is 0 Å². The van der Waals surface area contributed by atoms with Crippen LogP contribution in [0.25, 0.3) is 0 Å². The highest BCUT2D eigenvalue weighted by molar-refractivity contribution is 5.39. The van der Waals surface area contributed by atoms with E-state index in [1.54, 1.807) is 44.5 Å². The second-order valence-electron chi connectivity index (χ2n) is 46.5. The number of nitrogens with zero attached hydrogens (tertiary/aromatic N) is 18. The molecule has 22 nitrogen and oxygen atoms in total. The Hall–Kier alpha value is -7.98. The Morgan fingerprint density at radius 3 is 0.695 bits per heavy atom. The molecule has 10 aliphatic carbocycles. The molecule has 0 spiro atoms. The van der Waals surface area contributed by atoms with E-state index in [2.05, 4.69) is 262 Å². The third-order valence-electron chi connectivity index (χ3n) is 31.5. The van der Waals surface area contributed by atoms with Crippen LogP contribution in [0.2, 0.25) is 0 Å². The van der Waals surface area contributed by atoms with Gasteiger partial charge in [-0.25, -0.2) is 0 Å². The average molecular weight is 1940 g/mol. The molecule has 2 fully saturated rings. The summed E-state index contributed by atoms with van der Waals surface area (Å²) in [6, 6.07) is 2.03. The molecule has 2 saturated heterocycles. The second-order valence-corrected chi connectivity index (χ2v) is 46.5. The van der Waals surface area contributed by atoms with Crippen LogP contribution in [0.5, 0.6) is 0 Å². The first-order valence-corrected chi connectivity index (χ1v) is 57.1. The quantitative estimate of drug-likeness (QED) is 0.0923. The Morgan fingerprint density at radius 2 is 0.440 bits per heavy atom. The Kier molecular flexibility index (Phi) is 41.5. The molecule has 0 radical (unpaired) electrons. The fraction of sp³-hybridized carbons (Fsp3) is 0.748. The van der Waals surface area contributed by atoms with Gasteiger partial charge in [-0.3, -0.25) is 47.7 Å². The molecular weight excluding hydrogens is 1740 g/mol. The normalized spacial score (nSPS) is 17.2. The molecule has 10 aromatic heterocycles. The highest BCUT2D eigenvalue weighted by atomic mass is 16.5. The Bertz CT molecular complexity index is 5120. The molecule has 0 amide bonds. The van der Waals surface area contributed by atoms with Crippen LogP contribution in [0.1, 0.15) is 569 Å². The van der Waals surface area contributed by atoms with Gasteiger partial charge in [0.15, 0.2) is 0 Å². The first-order valence-electron chi connectivity index (χ1n) is 57.1. The first kappa shape index (κ1) is 112. The van der Waals surface area contributed by atoms with Crippen molar-refractivity contribution in [3.8, 4) is 0 Å². The maximum Gasteiger partial charge on any atom is 0.0988 e. The van der Waals surface area contributed by atoms with Crippen LogP contribution in [-0.2, 0) is 165 Å². The van der Waals surface area contributed by atoms with E-state index in [-0.39, 0.29) is 7.43 Å². The van der Waals surface area contributed by atoms with Crippen molar-refractivity contribution in [2.75, 3.05) is 26.4 Å². The molecule has 0 atom stereocenters. The van der Waals surface area contributed by atoms with Crippen LogP contribution in [0.15, 0.2) is 0 Å². The number of nitrogens with one attached hydrogen (secondary N) is 2. The number of rotatable bonds is 16. The maximum absolute atomic E-state index is 5.29. The zero-order valence-corrected chi connectivity index (χ0v) is 93.5. The SMILES string of the molecule is C.CC(C)c1n[nH]c2c1CCCC2.CC(C)c1n[nH]c2c1CCCC2.CC(C)c1nn(C(C)C)c2c1CCCC2.CC(C)c1nn(C(C)C)c2c1CCCC2.CC(C)c1nn(C)c2c1CCCC2.CC(C)c1nn(C)c2c1CCCC2.CC(C)c1nn(C2COC2)c2c1CCCC2.CC(C)c1nn(C2COC2)c2c1CCCC2.CCn1nc(C(C)C)c2c1CCCC2.CCn1nc(C(C)C)c2c1CCCC2. The summed E-state index contributed by atoms with van der Waals surface area (Å²) in [6.07, 6.45) is 51.4. The van der Waals surface area contributed by atoms with Gasteiger partial charge < -0.3 is 9.47 Å².